The molecule has 5 N–H and O–H groups in total. The summed E-state index contributed by atoms with van der Waals surface area (Å²) in [4.78, 5) is 13.5. The second-order valence-corrected chi connectivity index (χ2v) is 9.30. The summed E-state index contributed by atoms with van der Waals surface area (Å²) in [6.45, 7) is 4.32. The Labute approximate surface area is 172 Å². The first-order valence-corrected chi connectivity index (χ1v) is 11.1. The van der Waals surface area contributed by atoms with E-state index >= 15 is 0 Å². The molecule has 0 bridgehead atoms. The van der Waals surface area contributed by atoms with E-state index in [0.29, 0.717) is 22.4 Å². The number of hydrogen-bond acceptors (Lipinski definition) is 8. The number of nitrogens with one attached hydrogen (secondary N) is 2. The number of hydrogen-bond donors (Lipinski definition) is 5. The number of fused-ring (bicyclic) bond motifs is 2. The largest absolute Gasteiger partial charge is 0.505 e. The molecule has 3 aromatic rings. The molecule has 0 amide bonds. The Kier molecular flexibility index (Phi) is 4.87. The Morgan fingerprint density at radius 1 is 1.31 bits per heavy atom. The van der Waals surface area contributed by atoms with Crippen molar-refractivity contribution in [3.05, 3.63) is 63.3 Å². The first-order chi connectivity index (χ1) is 13.8. The third-order valence-corrected chi connectivity index (χ3v) is 6.70. The highest BCUT2D eigenvalue weighted by molar-refractivity contribution is 8.23. The molecule has 0 saturated carbocycles. The Bertz CT molecular complexity index is 1220. The van der Waals surface area contributed by atoms with Crippen molar-refractivity contribution in [1.29, 1.82) is 0 Å². The van der Waals surface area contributed by atoms with Crippen molar-refractivity contribution in [1.82, 2.24) is 4.68 Å². The molecule has 0 spiro atoms. The fraction of sp³-hybridized carbons (Fsp3) is 0.158. The molecular formula is C19H20N4O4S2. The molecule has 0 unspecified atom stereocenters. The molecule has 0 fully saturated rings. The molecule has 0 aliphatic carbocycles. The predicted molar refractivity (Wildman–Crippen MR) is 119 cm³/mol. The molecule has 3 heterocycles. The van der Waals surface area contributed by atoms with E-state index in [4.69, 9.17) is 0 Å². The minimum absolute atomic E-state index is 0.0840. The number of allylic oxidation sites excluding steroid dienone is 1. The molecular weight excluding hydrogens is 412 g/mol. The number of benzene rings is 1. The van der Waals surface area contributed by atoms with Gasteiger partial charge in [-0.05, 0) is 37.4 Å². The number of para-hydroxylation sites is 1. The lowest BCUT2D eigenvalue weighted by Gasteiger charge is -2.34. The first kappa shape index (κ1) is 19.5. The van der Waals surface area contributed by atoms with Crippen molar-refractivity contribution in [2.24, 2.45) is 4.40 Å². The zero-order valence-electron chi connectivity index (χ0n) is 15.7. The highest BCUT2D eigenvalue weighted by Crippen LogP contribution is 2.55. The van der Waals surface area contributed by atoms with Gasteiger partial charge in [-0.25, -0.2) is 4.68 Å². The number of rotatable bonds is 4. The van der Waals surface area contributed by atoms with E-state index in [1.165, 1.54) is 16.0 Å². The first-order valence-electron chi connectivity index (χ1n) is 8.76. The van der Waals surface area contributed by atoms with Gasteiger partial charge in [0, 0.05) is 6.54 Å². The van der Waals surface area contributed by atoms with Crippen LogP contribution in [0, 0.1) is 0 Å². The summed E-state index contributed by atoms with van der Waals surface area (Å²) < 4.78 is 26.8. The lowest BCUT2D eigenvalue weighted by atomic mass is 10.2. The normalized spacial score (nSPS) is 15.8. The standard InChI is InChI=1S/C19H20N4O4S2/c1-11(2)7-9-20-23-13-8-10-28-17(13)16(24)15(19(23)25)18-21-12-5-3-4-6-14(12)29(26,27)22-18/h3-8,10,20,24,26-27H,9H2,1-2H3,(H,21,22). The zero-order valence-corrected chi connectivity index (χ0v) is 17.3. The fourth-order valence-electron chi connectivity index (χ4n) is 3.05. The van der Waals surface area contributed by atoms with Crippen molar-refractivity contribution in [3.8, 4) is 5.75 Å². The number of amidine groups is 1. The minimum atomic E-state index is -3.51. The van der Waals surface area contributed by atoms with E-state index in [0.717, 1.165) is 5.57 Å². The minimum Gasteiger partial charge on any atom is -0.505 e. The van der Waals surface area contributed by atoms with Gasteiger partial charge >= 0.3 is 0 Å². The third-order valence-electron chi connectivity index (χ3n) is 4.40. The van der Waals surface area contributed by atoms with Crippen molar-refractivity contribution in [2.75, 3.05) is 17.3 Å². The van der Waals surface area contributed by atoms with Crippen LogP contribution in [0.5, 0.6) is 5.75 Å². The van der Waals surface area contributed by atoms with Crippen LogP contribution in [0.25, 0.3) is 10.2 Å². The number of aromatic nitrogens is 1. The van der Waals surface area contributed by atoms with Crippen LogP contribution >= 0.6 is 22.1 Å². The van der Waals surface area contributed by atoms with Crippen LogP contribution in [0.2, 0.25) is 0 Å². The van der Waals surface area contributed by atoms with E-state index in [9.17, 15) is 19.0 Å². The highest BCUT2D eigenvalue weighted by Gasteiger charge is 2.30. The van der Waals surface area contributed by atoms with Crippen molar-refractivity contribution in [2.45, 2.75) is 18.7 Å². The molecule has 0 atom stereocenters. The maximum absolute atomic E-state index is 13.2. The summed E-state index contributed by atoms with van der Waals surface area (Å²) in [5.41, 5.74) is 4.42. The van der Waals surface area contributed by atoms with Crippen LogP contribution in [-0.4, -0.2) is 31.3 Å². The smallest absolute Gasteiger partial charge is 0.284 e. The Balaban J connectivity index is 1.90. The predicted octanol–water partition coefficient (Wildman–Crippen LogP) is 4.18. The number of anilines is 1. The number of pyridine rings is 1. The van der Waals surface area contributed by atoms with Crippen LogP contribution in [0.1, 0.15) is 19.4 Å². The topological polar surface area (TPSA) is 119 Å². The van der Waals surface area contributed by atoms with Gasteiger partial charge in [0.1, 0.15) is 10.5 Å². The summed E-state index contributed by atoms with van der Waals surface area (Å²) in [7, 11) is -3.51. The van der Waals surface area contributed by atoms with Gasteiger partial charge in [0.15, 0.2) is 11.6 Å². The molecule has 8 nitrogen and oxygen atoms in total. The van der Waals surface area contributed by atoms with E-state index in [-0.39, 0.29) is 22.0 Å². The van der Waals surface area contributed by atoms with Gasteiger partial charge in [-0.2, -0.15) is 0 Å². The average Bonchev–Trinajstić information content (AvgIpc) is 3.14. The molecule has 1 aromatic carbocycles. The summed E-state index contributed by atoms with van der Waals surface area (Å²) >= 11 is 1.27. The highest BCUT2D eigenvalue weighted by atomic mass is 32.3. The molecule has 2 aromatic heterocycles. The molecule has 29 heavy (non-hydrogen) atoms. The molecule has 4 rings (SSSR count). The molecule has 0 saturated heterocycles. The SMILES string of the molecule is CC(C)=CCNn1c(=O)c(C2=NS(O)(O)c3ccccc3N2)c(O)c2sccc21. The maximum atomic E-state index is 13.2. The van der Waals surface area contributed by atoms with Crippen molar-refractivity contribution < 1.29 is 14.2 Å². The molecule has 0 radical (unpaired) electrons. The second-order valence-electron chi connectivity index (χ2n) is 6.72. The van der Waals surface area contributed by atoms with Gasteiger partial charge in [0.05, 0.1) is 15.9 Å². The third kappa shape index (κ3) is 3.40. The number of aromatic hydroxyl groups is 1. The summed E-state index contributed by atoms with van der Waals surface area (Å²) in [5, 5.41) is 15.5. The Morgan fingerprint density at radius 3 is 2.83 bits per heavy atom. The molecule has 10 heteroatoms. The van der Waals surface area contributed by atoms with E-state index < -0.39 is 16.3 Å². The average molecular weight is 433 g/mol. The summed E-state index contributed by atoms with van der Waals surface area (Å²) in [6.07, 6.45) is 1.93. The Hall–Kier alpha value is -2.79. The lowest BCUT2D eigenvalue weighted by Crippen LogP contribution is -2.36. The van der Waals surface area contributed by atoms with Gasteiger partial charge in [-0.3, -0.25) is 13.9 Å². The molecule has 1 aliphatic rings. The lowest BCUT2D eigenvalue weighted by molar-refractivity contribution is 0.479. The molecule has 1 aliphatic heterocycles. The molecule has 152 valence electrons. The van der Waals surface area contributed by atoms with Crippen LogP contribution in [0.4, 0.5) is 5.69 Å². The van der Waals surface area contributed by atoms with Gasteiger partial charge in [0.25, 0.3) is 5.56 Å². The quantitative estimate of drug-likeness (QED) is 0.395. The van der Waals surface area contributed by atoms with Gasteiger partial charge in [0.2, 0.25) is 0 Å². The summed E-state index contributed by atoms with van der Waals surface area (Å²) in [6, 6.07) is 8.35. The van der Waals surface area contributed by atoms with Crippen LogP contribution in [-0.2, 0) is 0 Å². The van der Waals surface area contributed by atoms with E-state index in [2.05, 4.69) is 15.1 Å². The van der Waals surface area contributed by atoms with E-state index in [1.54, 1.807) is 35.7 Å². The second kappa shape index (κ2) is 7.23. The zero-order chi connectivity index (χ0) is 20.8. The van der Waals surface area contributed by atoms with Crippen molar-refractivity contribution >= 4 is 43.9 Å². The van der Waals surface area contributed by atoms with Crippen LogP contribution in [0.15, 0.2) is 61.4 Å². The monoisotopic (exact) mass is 432 g/mol. The van der Waals surface area contributed by atoms with E-state index in [1.807, 2.05) is 19.9 Å². The van der Waals surface area contributed by atoms with Gasteiger partial charge in [-0.15, -0.1) is 15.7 Å². The van der Waals surface area contributed by atoms with Gasteiger partial charge < -0.3 is 15.8 Å². The maximum Gasteiger partial charge on any atom is 0.284 e. The number of nitrogens with zero attached hydrogens (tertiary/aromatic N) is 2. The fourth-order valence-corrected chi connectivity index (χ4v) is 5.04. The Morgan fingerprint density at radius 2 is 2.07 bits per heavy atom. The van der Waals surface area contributed by atoms with Gasteiger partial charge in [-0.1, -0.05) is 34.6 Å². The number of thiophene rings is 1. The van der Waals surface area contributed by atoms with Crippen molar-refractivity contribution in [3.63, 3.8) is 0 Å². The summed E-state index contributed by atoms with van der Waals surface area (Å²) in [5.74, 6) is -0.333. The van der Waals surface area contributed by atoms with Crippen LogP contribution in [0.3, 0.4) is 0 Å². The van der Waals surface area contributed by atoms with Crippen LogP contribution < -0.4 is 16.3 Å².